The summed E-state index contributed by atoms with van der Waals surface area (Å²) in [5.74, 6) is -0.941. The van der Waals surface area contributed by atoms with Crippen LogP contribution in [0.2, 0.25) is 0 Å². The van der Waals surface area contributed by atoms with Crippen molar-refractivity contribution in [2.75, 3.05) is 6.54 Å². The lowest BCUT2D eigenvalue weighted by molar-refractivity contribution is -0.385. The highest BCUT2D eigenvalue weighted by atomic mass is 35.5. The fourth-order valence-electron chi connectivity index (χ4n) is 1.84. The summed E-state index contributed by atoms with van der Waals surface area (Å²) in [7, 11) is 0. The van der Waals surface area contributed by atoms with Gasteiger partial charge in [-0.2, -0.15) is 0 Å². The predicted molar refractivity (Wildman–Crippen MR) is 73.3 cm³/mol. The molecular formula is C12H15ClFN3O3. The van der Waals surface area contributed by atoms with Crippen LogP contribution in [-0.4, -0.2) is 23.4 Å². The fraction of sp³-hybridized carbons (Fsp3) is 0.417. The molecule has 0 radical (unpaired) electrons. The molecule has 0 heterocycles. The summed E-state index contributed by atoms with van der Waals surface area (Å²) in [4.78, 5) is 21.8. The summed E-state index contributed by atoms with van der Waals surface area (Å²) in [6, 6.07) is 2.72. The van der Waals surface area contributed by atoms with Crippen LogP contribution in [0.5, 0.6) is 0 Å². The average molecular weight is 304 g/mol. The SMILES string of the molecule is Cl.NC(CNC(=O)c1ccc(F)cc1[N+](=O)[O-])C1CC1. The van der Waals surface area contributed by atoms with Crippen molar-refractivity contribution in [2.45, 2.75) is 18.9 Å². The van der Waals surface area contributed by atoms with E-state index in [-0.39, 0.29) is 30.6 Å². The van der Waals surface area contributed by atoms with Gasteiger partial charge in [0.05, 0.1) is 11.0 Å². The van der Waals surface area contributed by atoms with Gasteiger partial charge in [-0.15, -0.1) is 12.4 Å². The van der Waals surface area contributed by atoms with Crippen LogP contribution in [0.1, 0.15) is 23.2 Å². The summed E-state index contributed by atoms with van der Waals surface area (Å²) < 4.78 is 12.9. The molecule has 0 aliphatic heterocycles. The molecular weight excluding hydrogens is 289 g/mol. The van der Waals surface area contributed by atoms with E-state index in [0.29, 0.717) is 5.92 Å². The summed E-state index contributed by atoms with van der Waals surface area (Å²) in [5.41, 5.74) is 5.12. The molecule has 2 rings (SSSR count). The van der Waals surface area contributed by atoms with Crippen LogP contribution in [0.3, 0.4) is 0 Å². The Balaban J connectivity index is 0.00000200. The number of nitro benzene ring substituents is 1. The van der Waals surface area contributed by atoms with Gasteiger partial charge in [0.25, 0.3) is 11.6 Å². The van der Waals surface area contributed by atoms with Crippen LogP contribution in [0, 0.1) is 21.8 Å². The Morgan fingerprint density at radius 1 is 1.55 bits per heavy atom. The maximum absolute atomic E-state index is 12.9. The molecule has 1 atom stereocenters. The molecule has 1 amide bonds. The number of nitrogens with one attached hydrogen (secondary N) is 1. The minimum atomic E-state index is -0.779. The van der Waals surface area contributed by atoms with Gasteiger partial charge >= 0.3 is 0 Å². The van der Waals surface area contributed by atoms with E-state index in [0.717, 1.165) is 31.0 Å². The summed E-state index contributed by atoms with van der Waals surface area (Å²) in [5, 5.41) is 13.3. The first-order valence-electron chi connectivity index (χ1n) is 5.96. The highest BCUT2D eigenvalue weighted by Crippen LogP contribution is 2.31. The summed E-state index contributed by atoms with van der Waals surface area (Å²) in [6.45, 7) is 0.262. The maximum atomic E-state index is 12.9. The molecule has 110 valence electrons. The van der Waals surface area contributed by atoms with Crippen molar-refractivity contribution in [3.63, 3.8) is 0 Å². The molecule has 1 unspecified atom stereocenters. The highest BCUT2D eigenvalue weighted by molar-refractivity contribution is 5.98. The monoisotopic (exact) mass is 303 g/mol. The Labute approximate surface area is 121 Å². The smallest absolute Gasteiger partial charge is 0.285 e. The third-order valence-electron chi connectivity index (χ3n) is 3.13. The van der Waals surface area contributed by atoms with Crippen LogP contribution in [0.4, 0.5) is 10.1 Å². The zero-order chi connectivity index (χ0) is 14.0. The number of nitrogens with zero attached hydrogens (tertiary/aromatic N) is 1. The van der Waals surface area contributed by atoms with Gasteiger partial charge in [0.15, 0.2) is 0 Å². The number of nitro groups is 1. The molecule has 0 spiro atoms. The molecule has 1 aliphatic rings. The number of nitrogens with two attached hydrogens (primary N) is 1. The van der Waals surface area contributed by atoms with Gasteiger partial charge in [-0.05, 0) is 30.9 Å². The van der Waals surface area contributed by atoms with Crippen LogP contribution < -0.4 is 11.1 Å². The number of carbonyl (C=O) groups is 1. The van der Waals surface area contributed by atoms with E-state index in [1.807, 2.05) is 0 Å². The molecule has 6 nitrogen and oxygen atoms in total. The van der Waals surface area contributed by atoms with Crippen LogP contribution >= 0.6 is 12.4 Å². The molecule has 0 aromatic heterocycles. The van der Waals surface area contributed by atoms with Crippen molar-refractivity contribution in [3.8, 4) is 0 Å². The van der Waals surface area contributed by atoms with Crippen molar-refractivity contribution >= 4 is 24.0 Å². The Morgan fingerprint density at radius 3 is 2.75 bits per heavy atom. The number of hydrogen-bond donors (Lipinski definition) is 2. The number of carbonyl (C=O) groups excluding carboxylic acids is 1. The molecule has 20 heavy (non-hydrogen) atoms. The van der Waals surface area contributed by atoms with Gasteiger partial charge < -0.3 is 11.1 Å². The quantitative estimate of drug-likeness (QED) is 0.638. The van der Waals surface area contributed by atoms with Crippen LogP contribution in [-0.2, 0) is 0 Å². The van der Waals surface area contributed by atoms with Gasteiger partial charge in [0.2, 0.25) is 0 Å². The van der Waals surface area contributed by atoms with Gasteiger partial charge in [-0.1, -0.05) is 0 Å². The molecule has 0 bridgehead atoms. The lowest BCUT2D eigenvalue weighted by Gasteiger charge is -2.11. The number of amides is 1. The molecule has 0 saturated heterocycles. The van der Waals surface area contributed by atoms with E-state index in [1.165, 1.54) is 0 Å². The zero-order valence-electron chi connectivity index (χ0n) is 10.5. The normalized spacial score (nSPS) is 15.1. The largest absolute Gasteiger partial charge is 0.350 e. The molecule has 3 N–H and O–H groups in total. The first-order valence-corrected chi connectivity index (χ1v) is 5.96. The second-order valence-electron chi connectivity index (χ2n) is 4.63. The molecule has 1 saturated carbocycles. The Bertz CT molecular complexity index is 523. The molecule has 1 aromatic rings. The van der Waals surface area contributed by atoms with Gasteiger partial charge in [0, 0.05) is 12.6 Å². The number of benzene rings is 1. The average Bonchev–Trinajstić information content (AvgIpc) is 3.19. The second-order valence-corrected chi connectivity index (χ2v) is 4.63. The minimum absolute atomic E-state index is 0. The van der Waals surface area contributed by atoms with Crippen molar-refractivity contribution in [1.29, 1.82) is 0 Å². The fourth-order valence-corrected chi connectivity index (χ4v) is 1.84. The first-order chi connectivity index (χ1) is 8.99. The Hall–Kier alpha value is -1.73. The van der Waals surface area contributed by atoms with E-state index < -0.39 is 22.3 Å². The van der Waals surface area contributed by atoms with Crippen molar-refractivity contribution < 1.29 is 14.1 Å². The predicted octanol–water partition coefficient (Wildman–Crippen LogP) is 1.62. The lowest BCUT2D eigenvalue weighted by atomic mass is 10.1. The standard InChI is InChI=1S/C12H14FN3O3.ClH/c13-8-3-4-9(11(5-8)16(18)19)12(17)15-6-10(14)7-1-2-7;/h3-5,7,10H,1-2,6,14H2,(H,15,17);1H. The van der Waals surface area contributed by atoms with Crippen molar-refractivity contribution in [1.82, 2.24) is 5.32 Å². The highest BCUT2D eigenvalue weighted by Gasteiger charge is 2.29. The van der Waals surface area contributed by atoms with Gasteiger partial charge in [0.1, 0.15) is 11.4 Å². The Morgan fingerprint density at radius 2 is 2.20 bits per heavy atom. The number of hydrogen-bond acceptors (Lipinski definition) is 4. The van der Waals surface area contributed by atoms with Crippen LogP contribution in [0.15, 0.2) is 18.2 Å². The molecule has 1 aliphatic carbocycles. The maximum Gasteiger partial charge on any atom is 0.285 e. The lowest BCUT2D eigenvalue weighted by Crippen LogP contribution is -2.38. The van der Waals surface area contributed by atoms with E-state index in [9.17, 15) is 19.3 Å². The Kier molecular flexibility index (Phi) is 5.41. The van der Waals surface area contributed by atoms with Crippen molar-refractivity contribution in [2.24, 2.45) is 11.7 Å². The first kappa shape index (κ1) is 16.3. The molecule has 1 fully saturated rings. The van der Waals surface area contributed by atoms with E-state index in [4.69, 9.17) is 5.73 Å². The number of rotatable bonds is 5. The molecule has 8 heteroatoms. The summed E-state index contributed by atoms with van der Waals surface area (Å²) in [6.07, 6.45) is 2.10. The zero-order valence-corrected chi connectivity index (χ0v) is 11.4. The van der Waals surface area contributed by atoms with Gasteiger partial charge in [-0.3, -0.25) is 14.9 Å². The van der Waals surface area contributed by atoms with Gasteiger partial charge in [-0.25, -0.2) is 4.39 Å². The van der Waals surface area contributed by atoms with Crippen molar-refractivity contribution in [3.05, 3.63) is 39.7 Å². The minimum Gasteiger partial charge on any atom is -0.350 e. The third kappa shape index (κ3) is 3.88. The topological polar surface area (TPSA) is 98.3 Å². The second kappa shape index (κ2) is 6.62. The van der Waals surface area contributed by atoms with Crippen LogP contribution in [0.25, 0.3) is 0 Å². The summed E-state index contributed by atoms with van der Waals surface area (Å²) >= 11 is 0. The third-order valence-corrected chi connectivity index (χ3v) is 3.13. The van der Waals surface area contributed by atoms with E-state index in [1.54, 1.807) is 0 Å². The molecule has 1 aromatic carbocycles. The van der Waals surface area contributed by atoms with E-state index in [2.05, 4.69) is 5.32 Å². The van der Waals surface area contributed by atoms with E-state index >= 15 is 0 Å². The number of halogens is 2.